The summed E-state index contributed by atoms with van der Waals surface area (Å²) < 4.78 is 26.8. The first-order valence-corrected chi connectivity index (χ1v) is 9.10. The van der Waals surface area contributed by atoms with Gasteiger partial charge in [-0.3, -0.25) is 0 Å². The van der Waals surface area contributed by atoms with E-state index in [1.165, 1.54) is 16.7 Å². The Balaban J connectivity index is 0.00000208. The Morgan fingerprint density at radius 2 is 1.67 bits per heavy atom. The van der Waals surface area contributed by atoms with Gasteiger partial charge in [-0.15, -0.1) is 12.4 Å². The van der Waals surface area contributed by atoms with Crippen molar-refractivity contribution in [3.63, 3.8) is 0 Å². The summed E-state index contributed by atoms with van der Waals surface area (Å²) in [7, 11) is -1.60. The summed E-state index contributed by atoms with van der Waals surface area (Å²) in [4.78, 5) is 8.58. The molecular formula is C16H21ClN4O2S. The van der Waals surface area contributed by atoms with E-state index in [2.05, 4.69) is 15.3 Å². The number of hydrogen-bond donors (Lipinski definition) is 1. The zero-order valence-electron chi connectivity index (χ0n) is 13.4. The number of benzene rings is 1. The predicted molar refractivity (Wildman–Crippen MR) is 95.6 cm³/mol. The average Bonchev–Trinajstić information content (AvgIpc) is 2.62. The molecule has 0 unspecified atom stereocenters. The van der Waals surface area contributed by atoms with E-state index >= 15 is 0 Å². The van der Waals surface area contributed by atoms with Crippen LogP contribution in [0.3, 0.4) is 0 Å². The molecule has 2 heterocycles. The van der Waals surface area contributed by atoms with Crippen LogP contribution in [0.4, 0.5) is 0 Å². The SMILES string of the molecule is CNC1CCN(S(=O)(=O)c2cnc(-c3ccccc3)nc2)CC1.Cl. The van der Waals surface area contributed by atoms with E-state index in [-0.39, 0.29) is 17.3 Å². The van der Waals surface area contributed by atoms with E-state index in [1.54, 1.807) is 0 Å². The summed E-state index contributed by atoms with van der Waals surface area (Å²) in [6, 6.07) is 9.89. The van der Waals surface area contributed by atoms with Crippen molar-refractivity contribution in [2.45, 2.75) is 23.8 Å². The summed E-state index contributed by atoms with van der Waals surface area (Å²) in [5.41, 5.74) is 0.867. The van der Waals surface area contributed by atoms with Gasteiger partial charge in [0.2, 0.25) is 10.0 Å². The summed E-state index contributed by atoms with van der Waals surface area (Å²) in [6.07, 6.45) is 4.43. The maximum absolute atomic E-state index is 12.7. The van der Waals surface area contributed by atoms with Gasteiger partial charge in [-0.2, -0.15) is 4.31 Å². The Morgan fingerprint density at radius 1 is 1.08 bits per heavy atom. The van der Waals surface area contributed by atoms with Crippen molar-refractivity contribution in [1.29, 1.82) is 0 Å². The highest BCUT2D eigenvalue weighted by atomic mass is 35.5. The van der Waals surface area contributed by atoms with Crippen LogP contribution in [0.1, 0.15) is 12.8 Å². The minimum Gasteiger partial charge on any atom is -0.317 e. The lowest BCUT2D eigenvalue weighted by atomic mass is 10.1. The van der Waals surface area contributed by atoms with E-state index in [1.807, 2.05) is 37.4 Å². The molecule has 8 heteroatoms. The Morgan fingerprint density at radius 3 is 2.21 bits per heavy atom. The highest BCUT2D eigenvalue weighted by Crippen LogP contribution is 2.21. The molecule has 1 aliphatic heterocycles. The third-order valence-corrected chi connectivity index (χ3v) is 6.01. The van der Waals surface area contributed by atoms with Crippen LogP contribution >= 0.6 is 12.4 Å². The van der Waals surface area contributed by atoms with Gasteiger partial charge >= 0.3 is 0 Å². The minimum atomic E-state index is -3.51. The van der Waals surface area contributed by atoms with Crippen LogP contribution in [-0.4, -0.2) is 48.9 Å². The maximum Gasteiger partial charge on any atom is 0.246 e. The molecule has 0 aliphatic carbocycles. The van der Waals surface area contributed by atoms with E-state index in [9.17, 15) is 8.42 Å². The van der Waals surface area contributed by atoms with Crippen molar-refractivity contribution in [3.8, 4) is 11.4 Å². The van der Waals surface area contributed by atoms with E-state index in [0.717, 1.165) is 18.4 Å². The van der Waals surface area contributed by atoms with Gasteiger partial charge in [-0.1, -0.05) is 30.3 Å². The molecule has 0 bridgehead atoms. The number of sulfonamides is 1. The Kier molecular flexibility index (Phi) is 6.28. The lowest BCUT2D eigenvalue weighted by Crippen LogP contribution is -2.43. The van der Waals surface area contributed by atoms with Gasteiger partial charge in [0, 0.05) is 24.7 Å². The molecule has 1 fully saturated rings. The zero-order chi connectivity index (χ0) is 16.3. The molecule has 0 spiro atoms. The fourth-order valence-corrected chi connectivity index (χ4v) is 4.08. The second kappa shape index (κ2) is 8.02. The quantitative estimate of drug-likeness (QED) is 0.892. The van der Waals surface area contributed by atoms with Crippen molar-refractivity contribution in [1.82, 2.24) is 19.6 Å². The number of nitrogens with zero attached hydrogens (tertiary/aromatic N) is 3. The molecule has 1 aromatic carbocycles. The highest BCUT2D eigenvalue weighted by Gasteiger charge is 2.29. The van der Waals surface area contributed by atoms with Crippen LogP contribution in [-0.2, 0) is 10.0 Å². The number of nitrogens with one attached hydrogen (secondary N) is 1. The van der Waals surface area contributed by atoms with E-state index < -0.39 is 10.0 Å². The average molecular weight is 369 g/mol. The summed E-state index contributed by atoms with van der Waals surface area (Å²) in [5, 5.41) is 3.20. The molecule has 1 N–H and O–H groups in total. The Labute approximate surface area is 148 Å². The van der Waals surface area contributed by atoms with Gasteiger partial charge in [0.05, 0.1) is 12.4 Å². The van der Waals surface area contributed by atoms with Crippen LogP contribution in [0.5, 0.6) is 0 Å². The second-order valence-corrected chi connectivity index (χ2v) is 7.51. The van der Waals surface area contributed by atoms with Crippen molar-refractivity contribution in [2.24, 2.45) is 0 Å². The molecule has 1 aliphatic rings. The Hall–Kier alpha value is -1.54. The molecule has 3 rings (SSSR count). The topological polar surface area (TPSA) is 75.2 Å². The second-order valence-electron chi connectivity index (χ2n) is 5.58. The molecule has 0 saturated carbocycles. The van der Waals surface area contributed by atoms with E-state index in [4.69, 9.17) is 0 Å². The normalized spacial score (nSPS) is 16.5. The van der Waals surface area contributed by atoms with Gasteiger partial charge in [0.15, 0.2) is 5.82 Å². The fraction of sp³-hybridized carbons (Fsp3) is 0.375. The minimum absolute atomic E-state index is 0. The maximum atomic E-state index is 12.7. The van der Waals surface area contributed by atoms with Gasteiger partial charge in [0.25, 0.3) is 0 Å². The summed E-state index contributed by atoms with van der Waals surface area (Å²) in [5.74, 6) is 0.526. The number of hydrogen-bond acceptors (Lipinski definition) is 5. The van der Waals surface area contributed by atoms with Gasteiger partial charge < -0.3 is 5.32 Å². The first-order valence-electron chi connectivity index (χ1n) is 7.66. The molecule has 0 atom stereocenters. The molecular weight excluding hydrogens is 348 g/mol. The molecule has 130 valence electrons. The van der Waals surface area contributed by atoms with Crippen LogP contribution in [0.15, 0.2) is 47.6 Å². The first-order chi connectivity index (χ1) is 11.1. The van der Waals surface area contributed by atoms with Gasteiger partial charge in [0.1, 0.15) is 4.90 Å². The lowest BCUT2D eigenvalue weighted by molar-refractivity contribution is 0.298. The largest absolute Gasteiger partial charge is 0.317 e. The van der Waals surface area contributed by atoms with Gasteiger partial charge in [-0.25, -0.2) is 18.4 Å². The molecule has 2 aromatic rings. The molecule has 0 amide bonds. The summed E-state index contributed by atoms with van der Waals surface area (Å²) in [6.45, 7) is 1.04. The Bertz CT molecular complexity index is 745. The standard InChI is InChI=1S/C16H20N4O2S.ClH/c1-17-14-7-9-20(10-8-14)23(21,22)15-11-18-16(19-12-15)13-5-3-2-4-6-13;/h2-6,11-12,14,17H,7-10H2,1H3;1H. The van der Waals surface area contributed by atoms with Crippen molar-refractivity contribution < 1.29 is 8.42 Å². The monoisotopic (exact) mass is 368 g/mol. The fourth-order valence-electron chi connectivity index (χ4n) is 2.72. The molecule has 0 radical (unpaired) electrons. The van der Waals surface area contributed by atoms with Crippen molar-refractivity contribution >= 4 is 22.4 Å². The highest BCUT2D eigenvalue weighted by molar-refractivity contribution is 7.89. The van der Waals surface area contributed by atoms with E-state index in [0.29, 0.717) is 25.0 Å². The van der Waals surface area contributed by atoms with Crippen LogP contribution in [0.2, 0.25) is 0 Å². The van der Waals surface area contributed by atoms with Crippen molar-refractivity contribution in [2.75, 3.05) is 20.1 Å². The lowest BCUT2D eigenvalue weighted by Gasteiger charge is -2.30. The molecule has 24 heavy (non-hydrogen) atoms. The first kappa shape index (κ1) is 18.8. The number of aromatic nitrogens is 2. The van der Waals surface area contributed by atoms with Crippen molar-refractivity contribution in [3.05, 3.63) is 42.7 Å². The number of piperidine rings is 1. The number of rotatable bonds is 4. The molecule has 1 saturated heterocycles. The number of halogens is 1. The molecule has 1 aromatic heterocycles. The van der Waals surface area contributed by atoms with Crippen LogP contribution in [0, 0.1) is 0 Å². The van der Waals surface area contributed by atoms with Crippen LogP contribution < -0.4 is 5.32 Å². The summed E-state index contributed by atoms with van der Waals surface area (Å²) >= 11 is 0. The third-order valence-electron chi connectivity index (χ3n) is 4.16. The smallest absolute Gasteiger partial charge is 0.246 e. The zero-order valence-corrected chi connectivity index (χ0v) is 15.1. The predicted octanol–water partition coefficient (Wildman–Crippen LogP) is 1.94. The van der Waals surface area contributed by atoms with Crippen LogP contribution in [0.25, 0.3) is 11.4 Å². The molecule has 6 nitrogen and oxygen atoms in total. The van der Waals surface area contributed by atoms with Gasteiger partial charge in [-0.05, 0) is 19.9 Å². The third kappa shape index (κ3) is 3.92.